The van der Waals surface area contributed by atoms with Crippen molar-refractivity contribution in [3.63, 3.8) is 0 Å². The van der Waals surface area contributed by atoms with Crippen LogP contribution in [0.3, 0.4) is 0 Å². The van der Waals surface area contributed by atoms with E-state index in [1.54, 1.807) is 6.07 Å². The van der Waals surface area contributed by atoms with Crippen molar-refractivity contribution in [1.82, 2.24) is 9.29 Å². The SMILES string of the molecule is COc1cc(-c2ccc(NC3CCN(S(C)(=O)=O)CC3)nc2N)c(F)c(F)c1C=O. The van der Waals surface area contributed by atoms with Gasteiger partial charge < -0.3 is 15.8 Å². The molecule has 30 heavy (non-hydrogen) atoms. The van der Waals surface area contributed by atoms with Gasteiger partial charge in [-0.25, -0.2) is 26.5 Å². The molecule has 1 aromatic carbocycles. The number of anilines is 2. The summed E-state index contributed by atoms with van der Waals surface area (Å²) in [5.41, 5.74) is 5.45. The van der Waals surface area contributed by atoms with Crippen molar-refractivity contribution in [3.8, 4) is 16.9 Å². The van der Waals surface area contributed by atoms with Gasteiger partial charge in [-0.15, -0.1) is 0 Å². The van der Waals surface area contributed by atoms with Crippen molar-refractivity contribution in [2.24, 2.45) is 0 Å². The fraction of sp³-hybridized carbons (Fsp3) is 0.368. The zero-order valence-electron chi connectivity index (χ0n) is 16.5. The topological polar surface area (TPSA) is 115 Å². The maximum Gasteiger partial charge on any atom is 0.211 e. The maximum absolute atomic E-state index is 14.5. The van der Waals surface area contributed by atoms with E-state index in [4.69, 9.17) is 10.5 Å². The minimum atomic E-state index is -3.21. The number of carbonyl (C=O) groups is 1. The van der Waals surface area contributed by atoms with Crippen molar-refractivity contribution < 1.29 is 26.7 Å². The number of aldehydes is 1. The molecular weight excluding hydrogens is 418 g/mol. The van der Waals surface area contributed by atoms with Gasteiger partial charge in [-0.3, -0.25) is 4.79 Å². The van der Waals surface area contributed by atoms with Gasteiger partial charge in [0.25, 0.3) is 0 Å². The van der Waals surface area contributed by atoms with Gasteiger partial charge in [-0.1, -0.05) is 0 Å². The number of benzene rings is 1. The van der Waals surface area contributed by atoms with Crippen LogP contribution in [0, 0.1) is 11.6 Å². The van der Waals surface area contributed by atoms with Crippen LogP contribution in [0.5, 0.6) is 5.75 Å². The second-order valence-corrected chi connectivity index (χ2v) is 8.98. The standard InChI is InChI=1S/C19H22F2N4O4S/c1-29-15-9-13(17(20)18(21)14(15)10-26)12-3-4-16(24-19(12)22)23-11-5-7-25(8-6-11)30(2,27)28/h3-4,9-11H,5-8H2,1-2H3,(H3,22,23,24). The zero-order valence-corrected chi connectivity index (χ0v) is 17.3. The highest BCUT2D eigenvalue weighted by Gasteiger charge is 2.25. The Balaban J connectivity index is 1.82. The lowest BCUT2D eigenvalue weighted by atomic mass is 10.0. The number of nitrogens with one attached hydrogen (secondary N) is 1. The highest BCUT2D eigenvalue weighted by atomic mass is 32.2. The molecule has 0 atom stereocenters. The normalized spacial score (nSPS) is 15.7. The molecule has 1 aromatic heterocycles. The number of nitrogens with two attached hydrogens (primary N) is 1. The predicted octanol–water partition coefficient (Wildman–Crippen LogP) is 2.27. The van der Waals surface area contributed by atoms with Crippen molar-refractivity contribution in [2.45, 2.75) is 18.9 Å². The van der Waals surface area contributed by atoms with Crippen LogP contribution in [-0.2, 0) is 10.0 Å². The molecule has 11 heteroatoms. The molecule has 0 bridgehead atoms. The number of sulfonamides is 1. The smallest absolute Gasteiger partial charge is 0.211 e. The third-order valence-electron chi connectivity index (χ3n) is 5.03. The first-order chi connectivity index (χ1) is 14.2. The number of methoxy groups -OCH3 is 1. The minimum absolute atomic E-state index is 0.00176. The van der Waals surface area contributed by atoms with Crippen molar-refractivity contribution in [2.75, 3.05) is 37.5 Å². The van der Waals surface area contributed by atoms with Gasteiger partial charge in [0.2, 0.25) is 10.0 Å². The molecule has 0 aliphatic carbocycles. The van der Waals surface area contributed by atoms with Crippen molar-refractivity contribution in [1.29, 1.82) is 0 Å². The number of rotatable bonds is 6. The van der Waals surface area contributed by atoms with E-state index in [-0.39, 0.29) is 35.0 Å². The van der Waals surface area contributed by atoms with E-state index in [0.29, 0.717) is 31.7 Å². The summed E-state index contributed by atoms with van der Waals surface area (Å²) in [5.74, 6) is -2.25. The van der Waals surface area contributed by atoms with Crippen LogP contribution >= 0.6 is 0 Å². The van der Waals surface area contributed by atoms with Crippen LogP contribution in [0.1, 0.15) is 23.2 Å². The Bertz CT molecular complexity index is 1070. The highest BCUT2D eigenvalue weighted by molar-refractivity contribution is 7.88. The summed E-state index contributed by atoms with van der Waals surface area (Å²) in [7, 11) is -1.97. The number of carbonyl (C=O) groups excluding carboxylic acids is 1. The Morgan fingerprint density at radius 2 is 1.90 bits per heavy atom. The summed E-state index contributed by atoms with van der Waals surface area (Å²) >= 11 is 0. The van der Waals surface area contributed by atoms with E-state index in [0.717, 1.165) is 0 Å². The second kappa shape index (κ2) is 8.52. The van der Waals surface area contributed by atoms with Gasteiger partial charge in [-0.2, -0.15) is 0 Å². The number of piperidine rings is 1. The van der Waals surface area contributed by atoms with E-state index >= 15 is 0 Å². The van der Waals surface area contributed by atoms with Crippen LogP contribution < -0.4 is 15.8 Å². The largest absolute Gasteiger partial charge is 0.496 e. The molecule has 1 aliphatic heterocycles. The molecule has 1 aliphatic rings. The monoisotopic (exact) mass is 440 g/mol. The number of nitrogen functional groups attached to an aromatic ring is 1. The van der Waals surface area contributed by atoms with Gasteiger partial charge in [-0.05, 0) is 31.0 Å². The Morgan fingerprint density at radius 3 is 2.43 bits per heavy atom. The Labute approximate surface area is 173 Å². The lowest BCUT2D eigenvalue weighted by molar-refractivity contribution is 0.111. The molecule has 1 saturated heterocycles. The molecule has 3 N–H and O–H groups in total. The van der Waals surface area contributed by atoms with E-state index in [1.807, 2.05) is 0 Å². The molecule has 2 aromatic rings. The molecule has 8 nitrogen and oxygen atoms in total. The van der Waals surface area contributed by atoms with Gasteiger partial charge in [0.15, 0.2) is 17.9 Å². The summed E-state index contributed by atoms with van der Waals surface area (Å²) in [4.78, 5) is 15.2. The van der Waals surface area contributed by atoms with Gasteiger partial charge in [0.1, 0.15) is 17.4 Å². The summed E-state index contributed by atoms with van der Waals surface area (Å²) < 4.78 is 58.3. The number of aromatic nitrogens is 1. The summed E-state index contributed by atoms with van der Waals surface area (Å²) in [6.45, 7) is 0.800. The van der Waals surface area contributed by atoms with Crippen LogP contribution in [0.4, 0.5) is 20.4 Å². The number of hydrogen-bond acceptors (Lipinski definition) is 7. The molecule has 2 heterocycles. The number of halogens is 2. The average molecular weight is 440 g/mol. The quantitative estimate of drug-likeness (QED) is 0.662. The van der Waals surface area contributed by atoms with Gasteiger partial charge in [0.05, 0.1) is 18.9 Å². The average Bonchev–Trinajstić information content (AvgIpc) is 2.70. The number of nitrogens with zero attached hydrogens (tertiary/aromatic N) is 2. The van der Waals surface area contributed by atoms with Crippen LogP contribution in [0.15, 0.2) is 18.2 Å². The molecule has 0 unspecified atom stereocenters. The first-order valence-electron chi connectivity index (χ1n) is 9.15. The van der Waals surface area contributed by atoms with Crippen molar-refractivity contribution in [3.05, 3.63) is 35.4 Å². The van der Waals surface area contributed by atoms with E-state index < -0.39 is 27.2 Å². The number of ether oxygens (including phenoxy) is 1. The predicted molar refractivity (Wildman–Crippen MR) is 109 cm³/mol. The van der Waals surface area contributed by atoms with Crippen molar-refractivity contribution >= 4 is 27.9 Å². The van der Waals surface area contributed by atoms with Crippen LogP contribution in [0.2, 0.25) is 0 Å². The van der Waals surface area contributed by atoms with E-state index in [1.165, 1.54) is 29.8 Å². The van der Waals surface area contributed by atoms with Gasteiger partial charge >= 0.3 is 0 Å². The molecule has 0 saturated carbocycles. The van der Waals surface area contributed by atoms with Crippen LogP contribution in [-0.4, -0.2) is 56.5 Å². The Hall–Kier alpha value is -2.79. The first kappa shape index (κ1) is 21.9. The van der Waals surface area contributed by atoms with E-state index in [9.17, 15) is 22.0 Å². The Morgan fingerprint density at radius 1 is 1.23 bits per heavy atom. The fourth-order valence-corrected chi connectivity index (χ4v) is 4.29. The first-order valence-corrected chi connectivity index (χ1v) is 11.0. The molecular formula is C19H22F2N4O4S. The second-order valence-electron chi connectivity index (χ2n) is 7.00. The highest BCUT2D eigenvalue weighted by Crippen LogP contribution is 2.35. The lowest BCUT2D eigenvalue weighted by Gasteiger charge is -2.31. The maximum atomic E-state index is 14.5. The van der Waals surface area contributed by atoms with Gasteiger partial charge in [0, 0.05) is 30.3 Å². The Kier molecular flexibility index (Phi) is 6.22. The lowest BCUT2D eigenvalue weighted by Crippen LogP contribution is -2.41. The fourth-order valence-electron chi connectivity index (χ4n) is 3.42. The number of hydrogen-bond donors (Lipinski definition) is 2. The minimum Gasteiger partial charge on any atom is -0.496 e. The third-order valence-corrected chi connectivity index (χ3v) is 6.34. The summed E-state index contributed by atoms with van der Waals surface area (Å²) in [6.07, 6.45) is 2.56. The molecule has 3 rings (SSSR count). The molecule has 162 valence electrons. The third kappa shape index (κ3) is 4.36. The zero-order chi connectivity index (χ0) is 22.1. The molecule has 1 fully saturated rings. The summed E-state index contributed by atoms with van der Waals surface area (Å²) in [6, 6.07) is 4.27. The molecule has 0 radical (unpaired) electrons. The van der Waals surface area contributed by atoms with Crippen LogP contribution in [0.25, 0.3) is 11.1 Å². The van der Waals surface area contributed by atoms with E-state index in [2.05, 4.69) is 10.3 Å². The molecule has 0 amide bonds. The summed E-state index contributed by atoms with van der Waals surface area (Å²) in [5, 5.41) is 3.19. The molecule has 0 spiro atoms. The number of pyridine rings is 1.